The van der Waals surface area contributed by atoms with Crippen molar-refractivity contribution in [1.29, 1.82) is 0 Å². The van der Waals surface area contributed by atoms with Crippen LogP contribution in [0.2, 0.25) is 0 Å². The molecule has 5 heterocycles. The first-order valence-corrected chi connectivity index (χ1v) is 19.4. The number of halogens is 2. The molecule has 9 fully saturated rings. The summed E-state index contributed by atoms with van der Waals surface area (Å²) in [5.74, 6) is 5.97. The standard InChI is InChI=1S/C32H56N8.2FH.Ti/c1-2-10-18-17(9-1)25-33-26(18)38-28-21-13-5-6-14-22(21)30(35-28)40-32-24-16-8-7-15-23(24)31(36-32)39-29-20-12-4-3-11-19(20)27(34-29)37-25;;;/h17-40H,1-16H2;2*1H;/q;;;+2/p-2. The van der Waals surface area contributed by atoms with Gasteiger partial charge in [-0.2, -0.15) is 0 Å². The zero-order valence-electron chi connectivity index (χ0n) is 25.8. The van der Waals surface area contributed by atoms with Crippen LogP contribution in [0.15, 0.2) is 0 Å². The summed E-state index contributed by atoms with van der Waals surface area (Å²) < 4.78 is 19.5. The summed E-state index contributed by atoms with van der Waals surface area (Å²) in [5.41, 5.74) is 0. The SMILES string of the molecule is C1CCC2C3NC(NC4NC(NC5NC(NC6NC(N3)C3CCCCC63)C3CCCCC53)C3CCCCC43)C2C1.[F][Ti][F]. The van der Waals surface area contributed by atoms with E-state index in [4.69, 9.17) is 0 Å². The first-order valence-electron chi connectivity index (χ1n) is 18.3. The number of fused-ring (bicyclic) bond motifs is 20. The Morgan fingerprint density at radius 1 is 0.279 bits per heavy atom. The van der Waals surface area contributed by atoms with E-state index >= 15 is 0 Å². The maximum absolute atomic E-state index is 9.75. The second-order valence-corrected chi connectivity index (χ2v) is 15.9. The van der Waals surface area contributed by atoms with Gasteiger partial charge < -0.3 is 0 Å². The molecule has 8 nitrogen and oxygen atoms in total. The Hall–Kier alpha value is 0.254. The van der Waals surface area contributed by atoms with Gasteiger partial charge in [0.05, 0.1) is 49.3 Å². The van der Waals surface area contributed by atoms with E-state index < -0.39 is 20.2 Å². The van der Waals surface area contributed by atoms with Gasteiger partial charge in [0.2, 0.25) is 0 Å². The molecule has 5 aliphatic heterocycles. The van der Waals surface area contributed by atoms with Gasteiger partial charge in [-0.1, -0.05) is 51.4 Å². The molecule has 0 amide bonds. The third-order valence-corrected chi connectivity index (χ3v) is 13.8. The summed E-state index contributed by atoms with van der Waals surface area (Å²) in [6, 6.07) is 0. The predicted octanol–water partition coefficient (Wildman–Crippen LogP) is 3.44. The minimum absolute atomic E-state index is 0.420. The summed E-state index contributed by atoms with van der Waals surface area (Å²) >= 11 is -2.50. The van der Waals surface area contributed by atoms with Crippen LogP contribution in [-0.4, -0.2) is 49.3 Å². The molecule has 0 aromatic rings. The Balaban J connectivity index is 0.000000892. The van der Waals surface area contributed by atoms with Crippen molar-refractivity contribution in [3.63, 3.8) is 0 Å². The zero-order chi connectivity index (χ0) is 28.9. The number of rotatable bonds is 0. The average Bonchev–Trinajstić information content (AvgIpc) is 3.77. The van der Waals surface area contributed by atoms with Crippen LogP contribution in [0.5, 0.6) is 0 Å². The molecule has 8 atom stereocenters. The molecular weight excluding hydrogens is 582 g/mol. The molecule has 43 heavy (non-hydrogen) atoms. The van der Waals surface area contributed by atoms with Crippen LogP contribution in [0.4, 0.5) is 6.18 Å². The molecule has 0 spiro atoms. The van der Waals surface area contributed by atoms with Gasteiger partial charge >= 0.3 is 26.4 Å². The monoisotopic (exact) mass is 638 g/mol. The van der Waals surface area contributed by atoms with Crippen molar-refractivity contribution in [3.8, 4) is 0 Å². The van der Waals surface area contributed by atoms with Crippen LogP contribution in [0, 0.1) is 47.3 Å². The van der Waals surface area contributed by atoms with Gasteiger partial charge in [-0.05, 0) is 98.7 Å². The normalized spacial score (nSPS) is 53.9. The van der Waals surface area contributed by atoms with E-state index in [0.29, 0.717) is 49.3 Å². The second kappa shape index (κ2) is 13.4. The average molecular weight is 639 g/mol. The maximum atomic E-state index is 9.75. The van der Waals surface area contributed by atoms with E-state index in [2.05, 4.69) is 42.5 Å². The number of nitrogens with one attached hydrogen (secondary N) is 8. The van der Waals surface area contributed by atoms with Crippen LogP contribution in [-0.2, 0) is 20.2 Å². The van der Waals surface area contributed by atoms with Gasteiger partial charge in [-0.25, -0.2) is 0 Å². The van der Waals surface area contributed by atoms with Crippen LogP contribution < -0.4 is 42.5 Å². The molecule has 4 saturated carbocycles. The molecule has 8 N–H and O–H groups in total. The molecule has 0 radical (unpaired) electrons. The Morgan fingerprint density at radius 3 is 0.512 bits per heavy atom. The zero-order valence-corrected chi connectivity index (χ0v) is 27.4. The Bertz CT molecular complexity index is 743. The predicted molar refractivity (Wildman–Crippen MR) is 159 cm³/mol. The Labute approximate surface area is 267 Å². The summed E-state index contributed by atoms with van der Waals surface area (Å²) in [6.07, 6.45) is 25.6. The first-order chi connectivity index (χ1) is 21.2. The van der Waals surface area contributed by atoms with Crippen molar-refractivity contribution in [2.24, 2.45) is 47.3 Å². The van der Waals surface area contributed by atoms with Crippen molar-refractivity contribution >= 4 is 0 Å². The number of hydrogen-bond acceptors (Lipinski definition) is 8. The van der Waals surface area contributed by atoms with Crippen LogP contribution >= 0.6 is 0 Å². The fourth-order valence-corrected chi connectivity index (χ4v) is 12.0. The Morgan fingerprint density at radius 2 is 0.395 bits per heavy atom. The minimum atomic E-state index is -2.50. The van der Waals surface area contributed by atoms with E-state index in [-0.39, 0.29) is 0 Å². The summed E-state index contributed by atoms with van der Waals surface area (Å²) in [4.78, 5) is 0. The summed E-state index contributed by atoms with van der Waals surface area (Å²) in [7, 11) is 0. The molecule has 9 rings (SSSR count). The van der Waals surface area contributed by atoms with Crippen LogP contribution in [0.3, 0.4) is 0 Å². The van der Waals surface area contributed by atoms with Crippen LogP contribution in [0.1, 0.15) is 103 Å². The van der Waals surface area contributed by atoms with Crippen molar-refractivity contribution < 1.29 is 26.4 Å². The molecule has 8 bridgehead atoms. The molecule has 242 valence electrons. The van der Waals surface area contributed by atoms with E-state index in [1.807, 2.05) is 0 Å². The fraction of sp³-hybridized carbons (Fsp3) is 1.00. The van der Waals surface area contributed by atoms with Gasteiger partial charge in [0.1, 0.15) is 0 Å². The quantitative estimate of drug-likeness (QED) is 0.192. The van der Waals surface area contributed by atoms with Crippen molar-refractivity contribution in [1.82, 2.24) is 42.5 Å². The molecule has 5 saturated heterocycles. The molecule has 11 heteroatoms. The molecular formula is C32H56F2N8Ti. The van der Waals surface area contributed by atoms with E-state index in [9.17, 15) is 6.18 Å². The van der Waals surface area contributed by atoms with Gasteiger partial charge in [0, 0.05) is 0 Å². The third-order valence-electron chi connectivity index (χ3n) is 13.8. The molecule has 0 aromatic heterocycles. The first kappa shape index (κ1) is 30.6. The fourth-order valence-electron chi connectivity index (χ4n) is 12.0. The Kier molecular flexibility index (Phi) is 9.53. The van der Waals surface area contributed by atoms with Crippen molar-refractivity contribution in [3.05, 3.63) is 0 Å². The second-order valence-electron chi connectivity index (χ2n) is 15.7. The van der Waals surface area contributed by atoms with Gasteiger partial charge in [0.15, 0.2) is 0 Å². The van der Waals surface area contributed by atoms with Crippen molar-refractivity contribution in [2.45, 2.75) is 152 Å². The van der Waals surface area contributed by atoms with Gasteiger partial charge in [0.25, 0.3) is 0 Å². The van der Waals surface area contributed by atoms with Gasteiger partial charge in [-0.15, -0.1) is 0 Å². The van der Waals surface area contributed by atoms with E-state index in [1.165, 1.54) is 103 Å². The molecule has 8 unspecified atom stereocenters. The van der Waals surface area contributed by atoms with Crippen LogP contribution in [0.25, 0.3) is 0 Å². The summed E-state index contributed by atoms with van der Waals surface area (Å²) in [5, 5.41) is 33.8. The molecule has 0 aromatic carbocycles. The number of hydrogen-bond donors (Lipinski definition) is 8. The molecule has 9 aliphatic rings. The molecule has 4 aliphatic carbocycles. The third kappa shape index (κ3) is 5.84. The van der Waals surface area contributed by atoms with Gasteiger partial charge in [-0.3, -0.25) is 42.5 Å². The topological polar surface area (TPSA) is 96.2 Å². The van der Waals surface area contributed by atoms with E-state index in [0.717, 1.165) is 47.3 Å². The summed E-state index contributed by atoms with van der Waals surface area (Å²) in [6.45, 7) is 0. The van der Waals surface area contributed by atoms with E-state index in [1.54, 1.807) is 0 Å². The van der Waals surface area contributed by atoms with Crippen molar-refractivity contribution in [2.75, 3.05) is 0 Å².